The minimum atomic E-state index is 0.302. The van der Waals surface area contributed by atoms with Crippen molar-refractivity contribution < 1.29 is 4.79 Å². The number of fused-ring (bicyclic) bond motifs is 5. The molecule has 0 aliphatic heterocycles. The van der Waals surface area contributed by atoms with E-state index in [1.807, 2.05) is 34.6 Å². The van der Waals surface area contributed by atoms with E-state index in [-0.39, 0.29) is 0 Å². The molecule has 4 aliphatic carbocycles. The van der Waals surface area contributed by atoms with E-state index in [1.54, 1.807) is 5.57 Å². The van der Waals surface area contributed by atoms with E-state index >= 15 is 0 Å². The van der Waals surface area contributed by atoms with Gasteiger partial charge in [-0.15, -0.1) is 0 Å². The van der Waals surface area contributed by atoms with Crippen LogP contribution in [-0.2, 0) is 4.79 Å². The van der Waals surface area contributed by atoms with Gasteiger partial charge in [0.15, 0.2) is 0 Å². The molecule has 0 N–H and O–H groups in total. The van der Waals surface area contributed by atoms with Gasteiger partial charge >= 0.3 is 0 Å². The van der Waals surface area contributed by atoms with Gasteiger partial charge in [-0.25, -0.2) is 0 Å². The lowest BCUT2D eigenvalue weighted by Crippen LogP contribution is -2.50. The molecular formula is C26H46O. The van der Waals surface area contributed by atoms with E-state index in [9.17, 15) is 4.79 Å². The molecule has 4 aliphatic rings. The maximum atomic E-state index is 12.2. The number of carbonyl (C=O) groups is 1. The quantitative estimate of drug-likeness (QED) is 0.427. The topological polar surface area (TPSA) is 17.1 Å². The first-order valence-corrected chi connectivity index (χ1v) is 12.1. The van der Waals surface area contributed by atoms with Crippen LogP contribution in [0.3, 0.4) is 0 Å². The van der Waals surface area contributed by atoms with E-state index in [4.69, 9.17) is 0 Å². The maximum Gasteiger partial charge on any atom is 0.133 e. The van der Waals surface area contributed by atoms with Gasteiger partial charge in [0, 0.05) is 5.92 Å². The molecule has 3 saturated carbocycles. The van der Waals surface area contributed by atoms with Gasteiger partial charge in [0.05, 0.1) is 0 Å². The zero-order valence-electron chi connectivity index (χ0n) is 19.5. The molecule has 4 rings (SSSR count). The van der Waals surface area contributed by atoms with Crippen LogP contribution in [-0.4, -0.2) is 5.78 Å². The first-order chi connectivity index (χ1) is 12.9. The lowest BCUT2D eigenvalue weighted by atomic mass is 9.47. The Balaban J connectivity index is 0.000000614. The van der Waals surface area contributed by atoms with E-state index in [1.165, 1.54) is 44.9 Å². The van der Waals surface area contributed by atoms with Crippen molar-refractivity contribution in [3.63, 3.8) is 0 Å². The second kappa shape index (κ2) is 8.83. The Kier molecular flexibility index (Phi) is 7.42. The summed E-state index contributed by atoms with van der Waals surface area (Å²) in [5.41, 5.74) is 2.57. The third kappa shape index (κ3) is 3.69. The summed E-state index contributed by atoms with van der Waals surface area (Å²) in [6.07, 6.45) is 13.2. The number of ketones is 1. The van der Waals surface area contributed by atoms with Crippen molar-refractivity contribution in [2.24, 2.45) is 40.4 Å². The van der Waals surface area contributed by atoms with Crippen LogP contribution in [0.15, 0.2) is 11.6 Å². The van der Waals surface area contributed by atoms with Crippen LogP contribution >= 0.6 is 0 Å². The molecule has 0 saturated heterocycles. The lowest BCUT2D eigenvalue weighted by Gasteiger charge is -2.58. The number of rotatable bonds is 1. The van der Waals surface area contributed by atoms with Crippen LogP contribution in [0.1, 0.15) is 107 Å². The molecule has 0 aromatic carbocycles. The standard InChI is InChI=1S/C22H34O.2C2H6/c1-14-9-11-21(3)16(13-14)5-6-17-19-8-7-18(15(2)23)22(19,4)12-10-20(17)21;2*1-2/h5,14,17-20H,6-13H2,1-4H3;2*1-2H3. The second-order valence-electron chi connectivity index (χ2n) is 9.89. The largest absolute Gasteiger partial charge is 0.300 e. The van der Waals surface area contributed by atoms with Gasteiger partial charge in [-0.3, -0.25) is 4.79 Å². The summed E-state index contributed by atoms with van der Waals surface area (Å²) in [5, 5.41) is 0. The highest BCUT2D eigenvalue weighted by Crippen LogP contribution is 2.66. The van der Waals surface area contributed by atoms with Crippen LogP contribution in [0.4, 0.5) is 0 Å². The normalized spacial score (nSPS) is 44.9. The van der Waals surface area contributed by atoms with Crippen molar-refractivity contribution >= 4 is 5.78 Å². The van der Waals surface area contributed by atoms with Gasteiger partial charge in [0.25, 0.3) is 0 Å². The first-order valence-electron chi connectivity index (χ1n) is 12.1. The fourth-order valence-electron chi connectivity index (χ4n) is 7.51. The Labute approximate surface area is 169 Å². The van der Waals surface area contributed by atoms with Crippen molar-refractivity contribution in [1.29, 1.82) is 0 Å². The molecule has 7 atom stereocenters. The van der Waals surface area contributed by atoms with E-state index < -0.39 is 0 Å². The zero-order chi connectivity index (χ0) is 20.4. The number of Topliss-reactive ketones (excluding diaryl/α,β-unsaturated/α-hetero) is 1. The number of allylic oxidation sites excluding steroid dienone is 2. The molecule has 0 radical (unpaired) electrons. The molecule has 0 bridgehead atoms. The van der Waals surface area contributed by atoms with Crippen LogP contribution in [0.25, 0.3) is 0 Å². The van der Waals surface area contributed by atoms with Gasteiger partial charge in [0.1, 0.15) is 5.78 Å². The molecule has 0 aromatic heterocycles. The predicted octanol–water partition coefficient (Wildman–Crippen LogP) is 7.84. The summed E-state index contributed by atoms with van der Waals surface area (Å²) in [6.45, 7) is 17.3. The summed E-state index contributed by atoms with van der Waals surface area (Å²) in [7, 11) is 0. The van der Waals surface area contributed by atoms with Crippen LogP contribution in [0, 0.1) is 40.4 Å². The van der Waals surface area contributed by atoms with Crippen molar-refractivity contribution in [2.75, 3.05) is 0 Å². The SMILES string of the molecule is CC.CC.CC(=O)C1CCC2C3CC=C4CC(C)CCC4(C)C3CCC12C. The van der Waals surface area contributed by atoms with Crippen molar-refractivity contribution in [2.45, 2.75) is 107 Å². The fourth-order valence-corrected chi connectivity index (χ4v) is 7.51. The minimum Gasteiger partial charge on any atom is -0.300 e. The summed E-state index contributed by atoms with van der Waals surface area (Å²) in [4.78, 5) is 12.2. The third-order valence-corrected chi connectivity index (χ3v) is 8.84. The predicted molar refractivity (Wildman–Crippen MR) is 118 cm³/mol. The van der Waals surface area contributed by atoms with Crippen LogP contribution in [0.2, 0.25) is 0 Å². The summed E-state index contributed by atoms with van der Waals surface area (Å²) >= 11 is 0. The highest BCUT2D eigenvalue weighted by Gasteiger charge is 2.59. The molecule has 0 amide bonds. The van der Waals surface area contributed by atoms with Crippen LogP contribution < -0.4 is 0 Å². The van der Waals surface area contributed by atoms with Crippen molar-refractivity contribution in [3.05, 3.63) is 11.6 Å². The molecule has 3 fully saturated rings. The van der Waals surface area contributed by atoms with Gasteiger partial charge in [-0.05, 0) is 92.8 Å². The van der Waals surface area contributed by atoms with E-state index in [2.05, 4.69) is 26.8 Å². The summed E-state index contributed by atoms with van der Waals surface area (Å²) in [6, 6.07) is 0. The third-order valence-electron chi connectivity index (χ3n) is 8.84. The number of hydrogen-bond donors (Lipinski definition) is 0. The monoisotopic (exact) mass is 374 g/mol. The Bertz CT molecular complexity index is 546. The average Bonchev–Trinajstić information content (AvgIpc) is 3.03. The van der Waals surface area contributed by atoms with Gasteiger partial charge in [-0.2, -0.15) is 0 Å². The molecule has 1 heteroatoms. The average molecular weight is 375 g/mol. The molecule has 0 spiro atoms. The molecule has 1 nitrogen and oxygen atoms in total. The molecule has 0 aromatic rings. The van der Waals surface area contributed by atoms with Crippen molar-refractivity contribution in [3.8, 4) is 0 Å². The molecule has 27 heavy (non-hydrogen) atoms. The molecule has 156 valence electrons. The van der Waals surface area contributed by atoms with E-state index in [0.29, 0.717) is 22.5 Å². The first kappa shape index (κ1) is 22.7. The van der Waals surface area contributed by atoms with Gasteiger partial charge < -0.3 is 0 Å². The Morgan fingerprint density at radius 2 is 1.63 bits per heavy atom. The molecular weight excluding hydrogens is 328 g/mol. The number of hydrogen-bond acceptors (Lipinski definition) is 1. The smallest absolute Gasteiger partial charge is 0.133 e. The van der Waals surface area contributed by atoms with Gasteiger partial charge in [-0.1, -0.05) is 60.1 Å². The Hall–Kier alpha value is -0.590. The highest BCUT2D eigenvalue weighted by molar-refractivity contribution is 5.79. The summed E-state index contributed by atoms with van der Waals surface area (Å²) < 4.78 is 0. The van der Waals surface area contributed by atoms with E-state index in [0.717, 1.165) is 30.1 Å². The van der Waals surface area contributed by atoms with Crippen LogP contribution in [0.5, 0.6) is 0 Å². The van der Waals surface area contributed by atoms with Crippen molar-refractivity contribution in [1.82, 2.24) is 0 Å². The Morgan fingerprint density at radius 3 is 2.26 bits per heavy atom. The number of carbonyl (C=O) groups excluding carboxylic acids is 1. The molecule has 0 heterocycles. The minimum absolute atomic E-state index is 0.302. The Morgan fingerprint density at radius 1 is 0.963 bits per heavy atom. The molecule has 7 unspecified atom stereocenters. The fraction of sp³-hybridized carbons (Fsp3) is 0.885. The second-order valence-corrected chi connectivity index (χ2v) is 9.89. The highest BCUT2D eigenvalue weighted by atomic mass is 16.1. The maximum absolute atomic E-state index is 12.2. The zero-order valence-corrected chi connectivity index (χ0v) is 19.5. The van der Waals surface area contributed by atoms with Gasteiger partial charge in [0.2, 0.25) is 0 Å². The lowest BCUT2D eigenvalue weighted by molar-refractivity contribution is -0.127. The summed E-state index contributed by atoms with van der Waals surface area (Å²) in [5.74, 6) is 4.22.